The van der Waals surface area contributed by atoms with Crippen molar-refractivity contribution in [1.29, 1.82) is 0 Å². The summed E-state index contributed by atoms with van der Waals surface area (Å²) >= 11 is 0. The average Bonchev–Trinajstić information content (AvgIpc) is 2.80. The van der Waals surface area contributed by atoms with Gasteiger partial charge < -0.3 is 9.97 Å². The van der Waals surface area contributed by atoms with Crippen LogP contribution in [-0.2, 0) is 0 Å². The van der Waals surface area contributed by atoms with Crippen molar-refractivity contribution in [2.75, 3.05) is 0 Å². The average molecular weight is 274 g/mol. The van der Waals surface area contributed by atoms with Gasteiger partial charge in [-0.05, 0) is 30.3 Å². The van der Waals surface area contributed by atoms with Gasteiger partial charge in [-0.1, -0.05) is 6.07 Å². The predicted octanol–water partition coefficient (Wildman–Crippen LogP) is 2.37. The number of hydrogen-bond acceptors (Lipinski definition) is 2. The standard InChI is InChI=1S/C14H8F2N2O2/c15-9-3-1-2-8(12(9)16)13(19)7-4-5-10-11(6-7)18-14(20)17-10/h1-6H,(H2,17,18,20). The van der Waals surface area contributed by atoms with E-state index in [1.807, 2.05) is 0 Å². The molecule has 100 valence electrons. The lowest BCUT2D eigenvalue weighted by molar-refractivity contribution is 0.103. The number of H-pyrrole nitrogens is 2. The van der Waals surface area contributed by atoms with Crippen LogP contribution in [0, 0.1) is 11.6 Å². The highest BCUT2D eigenvalue weighted by molar-refractivity contribution is 6.10. The van der Waals surface area contributed by atoms with Crippen molar-refractivity contribution < 1.29 is 13.6 Å². The third kappa shape index (κ3) is 1.91. The fourth-order valence-electron chi connectivity index (χ4n) is 2.01. The molecule has 6 heteroatoms. The van der Waals surface area contributed by atoms with E-state index in [2.05, 4.69) is 9.97 Å². The van der Waals surface area contributed by atoms with Crippen molar-refractivity contribution in [3.8, 4) is 0 Å². The molecule has 2 aromatic carbocycles. The van der Waals surface area contributed by atoms with Crippen LogP contribution < -0.4 is 5.69 Å². The molecule has 0 amide bonds. The van der Waals surface area contributed by atoms with Gasteiger partial charge in [0.2, 0.25) is 0 Å². The van der Waals surface area contributed by atoms with Gasteiger partial charge in [-0.25, -0.2) is 13.6 Å². The second-order valence-electron chi connectivity index (χ2n) is 4.27. The molecule has 1 aromatic heterocycles. The molecule has 1 heterocycles. The second-order valence-corrected chi connectivity index (χ2v) is 4.27. The van der Waals surface area contributed by atoms with Gasteiger partial charge >= 0.3 is 5.69 Å². The zero-order valence-electron chi connectivity index (χ0n) is 10.0. The summed E-state index contributed by atoms with van der Waals surface area (Å²) in [6, 6.07) is 7.81. The summed E-state index contributed by atoms with van der Waals surface area (Å²) < 4.78 is 26.7. The molecule has 0 fully saturated rings. The molecule has 2 N–H and O–H groups in total. The summed E-state index contributed by atoms with van der Waals surface area (Å²) in [7, 11) is 0. The zero-order chi connectivity index (χ0) is 14.3. The molecule has 0 aliphatic heterocycles. The van der Waals surface area contributed by atoms with Crippen LogP contribution in [0.2, 0.25) is 0 Å². The Kier molecular flexibility index (Phi) is 2.71. The molecule has 0 unspecified atom stereocenters. The molecule has 0 aliphatic rings. The number of hydrogen-bond donors (Lipinski definition) is 2. The van der Waals surface area contributed by atoms with Crippen LogP contribution in [0.3, 0.4) is 0 Å². The van der Waals surface area contributed by atoms with E-state index in [1.54, 1.807) is 0 Å². The molecular weight excluding hydrogens is 266 g/mol. The van der Waals surface area contributed by atoms with E-state index in [0.29, 0.717) is 11.0 Å². The van der Waals surface area contributed by atoms with Crippen molar-refractivity contribution in [2.45, 2.75) is 0 Å². The van der Waals surface area contributed by atoms with Gasteiger partial charge in [0.25, 0.3) is 0 Å². The van der Waals surface area contributed by atoms with Gasteiger partial charge in [-0.3, -0.25) is 4.79 Å². The Balaban J connectivity index is 2.12. The highest BCUT2D eigenvalue weighted by Crippen LogP contribution is 2.18. The number of benzene rings is 2. The minimum absolute atomic E-state index is 0.164. The molecule has 0 saturated heterocycles. The Bertz CT molecular complexity index is 880. The van der Waals surface area contributed by atoms with Crippen molar-refractivity contribution >= 4 is 16.8 Å². The van der Waals surface area contributed by atoms with Crippen molar-refractivity contribution in [2.24, 2.45) is 0 Å². The summed E-state index contributed by atoms with van der Waals surface area (Å²) in [5, 5.41) is 0. The first-order chi connectivity index (χ1) is 9.56. The summed E-state index contributed by atoms with van der Waals surface area (Å²) in [5.74, 6) is -2.90. The van der Waals surface area contributed by atoms with Crippen LogP contribution in [0.15, 0.2) is 41.2 Å². The van der Waals surface area contributed by atoms with Gasteiger partial charge in [0, 0.05) is 5.56 Å². The fourth-order valence-corrected chi connectivity index (χ4v) is 2.01. The molecule has 3 rings (SSSR count). The molecule has 4 nitrogen and oxygen atoms in total. The maximum atomic E-state index is 13.6. The molecule has 20 heavy (non-hydrogen) atoms. The maximum Gasteiger partial charge on any atom is 0.323 e. The van der Waals surface area contributed by atoms with Gasteiger partial charge in [0.1, 0.15) is 0 Å². The van der Waals surface area contributed by atoms with E-state index in [9.17, 15) is 18.4 Å². The lowest BCUT2D eigenvalue weighted by atomic mass is 10.0. The van der Waals surface area contributed by atoms with Crippen LogP contribution in [0.4, 0.5) is 8.78 Å². The van der Waals surface area contributed by atoms with E-state index in [-0.39, 0.29) is 11.1 Å². The monoisotopic (exact) mass is 274 g/mol. The molecule has 0 atom stereocenters. The topological polar surface area (TPSA) is 65.7 Å². The van der Waals surface area contributed by atoms with Crippen LogP contribution in [0.5, 0.6) is 0 Å². The number of aromatic amines is 2. The van der Waals surface area contributed by atoms with Crippen LogP contribution in [0.1, 0.15) is 15.9 Å². The number of halogens is 2. The number of imidazole rings is 1. The lowest BCUT2D eigenvalue weighted by Gasteiger charge is -2.03. The molecule has 3 aromatic rings. The van der Waals surface area contributed by atoms with E-state index >= 15 is 0 Å². The molecule has 0 radical (unpaired) electrons. The molecule has 0 bridgehead atoms. The smallest absolute Gasteiger partial charge is 0.306 e. The van der Waals surface area contributed by atoms with E-state index in [0.717, 1.165) is 6.07 Å². The summed E-state index contributed by atoms with van der Waals surface area (Å²) in [4.78, 5) is 28.3. The van der Waals surface area contributed by atoms with Crippen molar-refractivity contribution in [3.63, 3.8) is 0 Å². The van der Waals surface area contributed by atoms with Crippen molar-refractivity contribution in [3.05, 3.63) is 69.6 Å². The summed E-state index contributed by atoms with van der Waals surface area (Å²) in [6.07, 6.45) is 0. The predicted molar refractivity (Wildman–Crippen MR) is 68.7 cm³/mol. The molecule has 0 saturated carbocycles. The third-order valence-electron chi connectivity index (χ3n) is 2.97. The SMILES string of the molecule is O=C(c1ccc2[nH]c(=O)[nH]c2c1)c1cccc(F)c1F. The van der Waals surface area contributed by atoms with Gasteiger partial charge in [-0.2, -0.15) is 0 Å². The summed E-state index contributed by atoms with van der Waals surface area (Å²) in [5.41, 5.74) is 0.380. The Morgan fingerprint density at radius 3 is 2.55 bits per heavy atom. The first kappa shape index (κ1) is 12.3. The first-order valence-corrected chi connectivity index (χ1v) is 5.77. The molecule has 0 aliphatic carbocycles. The Hall–Kier alpha value is -2.76. The lowest BCUT2D eigenvalue weighted by Crippen LogP contribution is -2.05. The minimum Gasteiger partial charge on any atom is -0.306 e. The third-order valence-corrected chi connectivity index (χ3v) is 2.97. The van der Waals surface area contributed by atoms with E-state index in [4.69, 9.17) is 0 Å². The van der Waals surface area contributed by atoms with Crippen LogP contribution in [0.25, 0.3) is 11.0 Å². The Morgan fingerprint density at radius 2 is 1.75 bits per heavy atom. The maximum absolute atomic E-state index is 13.6. The van der Waals surface area contributed by atoms with E-state index in [1.165, 1.54) is 30.3 Å². The normalized spacial score (nSPS) is 10.9. The highest BCUT2D eigenvalue weighted by Gasteiger charge is 2.17. The first-order valence-electron chi connectivity index (χ1n) is 5.77. The number of nitrogens with one attached hydrogen (secondary N) is 2. The number of rotatable bonds is 2. The quantitative estimate of drug-likeness (QED) is 0.704. The molecule has 0 spiro atoms. The largest absolute Gasteiger partial charge is 0.323 e. The second kappa shape index (κ2) is 4.41. The Labute approximate surface area is 111 Å². The van der Waals surface area contributed by atoms with Gasteiger partial charge in [-0.15, -0.1) is 0 Å². The van der Waals surface area contributed by atoms with Crippen molar-refractivity contribution in [1.82, 2.24) is 9.97 Å². The number of carbonyl (C=O) groups excluding carboxylic acids is 1. The van der Waals surface area contributed by atoms with Gasteiger partial charge in [0.05, 0.1) is 16.6 Å². The van der Waals surface area contributed by atoms with Crippen LogP contribution in [-0.4, -0.2) is 15.8 Å². The van der Waals surface area contributed by atoms with Gasteiger partial charge in [0.15, 0.2) is 17.4 Å². The fraction of sp³-hybridized carbons (Fsp3) is 0. The zero-order valence-corrected chi connectivity index (χ0v) is 10.0. The number of carbonyl (C=O) groups is 1. The highest BCUT2D eigenvalue weighted by atomic mass is 19.2. The minimum atomic E-state index is -1.18. The number of aromatic nitrogens is 2. The summed E-state index contributed by atoms with van der Waals surface area (Å²) in [6.45, 7) is 0. The van der Waals surface area contributed by atoms with E-state index < -0.39 is 23.1 Å². The number of fused-ring (bicyclic) bond motifs is 1. The van der Waals surface area contributed by atoms with Crippen LogP contribution >= 0.6 is 0 Å². The Morgan fingerprint density at radius 1 is 1.00 bits per heavy atom. The molecular formula is C14H8F2N2O2. The number of ketones is 1.